The van der Waals surface area contributed by atoms with Crippen LogP contribution in [-0.4, -0.2) is 26.6 Å². The van der Waals surface area contributed by atoms with Crippen molar-refractivity contribution in [3.8, 4) is 0 Å². The van der Waals surface area contributed by atoms with Crippen LogP contribution >= 0.6 is 0 Å². The Kier molecular flexibility index (Phi) is 6.03. The molecule has 0 fully saturated rings. The van der Waals surface area contributed by atoms with E-state index >= 15 is 0 Å². The summed E-state index contributed by atoms with van der Waals surface area (Å²) in [6.45, 7) is 4.26. The van der Waals surface area contributed by atoms with Gasteiger partial charge in [-0.25, -0.2) is 8.42 Å². The highest BCUT2D eigenvalue weighted by molar-refractivity contribution is 7.92. The van der Waals surface area contributed by atoms with Crippen molar-refractivity contribution >= 4 is 27.3 Å². The van der Waals surface area contributed by atoms with Gasteiger partial charge in [-0.2, -0.15) is 0 Å². The SMILES string of the molecule is Cc1ccc(CNC(=O)C(C)Nc2ccc(NS(C)(=O)=O)cc2)cc1. The molecule has 25 heavy (non-hydrogen) atoms. The maximum atomic E-state index is 12.2. The maximum Gasteiger partial charge on any atom is 0.242 e. The van der Waals surface area contributed by atoms with Crippen LogP contribution in [0.4, 0.5) is 11.4 Å². The lowest BCUT2D eigenvalue weighted by Gasteiger charge is -2.16. The molecule has 6 nitrogen and oxygen atoms in total. The minimum Gasteiger partial charge on any atom is -0.374 e. The second kappa shape index (κ2) is 8.02. The van der Waals surface area contributed by atoms with Crippen molar-refractivity contribution in [2.75, 3.05) is 16.3 Å². The number of benzene rings is 2. The summed E-state index contributed by atoms with van der Waals surface area (Å²) in [6, 6.07) is 14.3. The summed E-state index contributed by atoms with van der Waals surface area (Å²) in [4.78, 5) is 12.2. The van der Waals surface area contributed by atoms with E-state index in [9.17, 15) is 13.2 Å². The van der Waals surface area contributed by atoms with Gasteiger partial charge in [0.25, 0.3) is 0 Å². The van der Waals surface area contributed by atoms with E-state index in [2.05, 4.69) is 15.4 Å². The first-order valence-electron chi connectivity index (χ1n) is 7.90. The van der Waals surface area contributed by atoms with Crippen LogP contribution in [0, 0.1) is 6.92 Å². The predicted molar refractivity (Wildman–Crippen MR) is 101 cm³/mol. The molecule has 0 radical (unpaired) electrons. The van der Waals surface area contributed by atoms with Crippen LogP contribution in [0.15, 0.2) is 48.5 Å². The molecule has 0 saturated carbocycles. The number of carbonyl (C=O) groups excluding carboxylic acids is 1. The van der Waals surface area contributed by atoms with Gasteiger partial charge in [0.1, 0.15) is 6.04 Å². The van der Waals surface area contributed by atoms with Crippen LogP contribution in [-0.2, 0) is 21.4 Å². The fourth-order valence-corrected chi connectivity index (χ4v) is 2.78. The quantitative estimate of drug-likeness (QED) is 0.707. The van der Waals surface area contributed by atoms with Gasteiger partial charge in [0.2, 0.25) is 15.9 Å². The number of sulfonamides is 1. The summed E-state index contributed by atoms with van der Waals surface area (Å²) in [6.07, 6.45) is 1.10. The van der Waals surface area contributed by atoms with Gasteiger partial charge in [0.05, 0.1) is 6.26 Å². The van der Waals surface area contributed by atoms with E-state index in [0.717, 1.165) is 17.5 Å². The molecule has 2 rings (SSSR count). The Morgan fingerprint density at radius 1 is 1.00 bits per heavy atom. The van der Waals surface area contributed by atoms with Gasteiger partial charge in [-0.1, -0.05) is 29.8 Å². The lowest BCUT2D eigenvalue weighted by Crippen LogP contribution is -2.37. The third kappa shape index (κ3) is 6.46. The van der Waals surface area contributed by atoms with E-state index in [1.54, 1.807) is 31.2 Å². The first-order valence-corrected chi connectivity index (χ1v) is 9.80. The average Bonchev–Trinajstić information content (AvgIpc) is 2.54. The van der Waals surface area contributed by atoms with Crippen molar-refractivity contribution in [3.05, 3.63) is 59.7 Å². The van der Waals surface area contributed by atoms with Crippen molar-refractivity contribution in [3.63, 3.8) is 0 Å². The van der Waals surface area contributed by atoms with Gasteiger partial charge in [-0.3, -0.25) is 9.52 Å². The predicted octanol–water partition coefficient (Wildman–Crippen LogP) is 2.48. The van der Waals surface area contributed by atoms with Gasteiger partial charge in [-0.15, -0.1) is 0 Å². The largest absolute Gasteiger partial charge is 0.374 e. The van der Waals surface area contributed by atoms with Gasteiger partial charge in [0.15, 0.2) is 0 Å². The Morgan fingerprint density at radius 3 is 2.12 bits per heavy atom. The lowest BCUT2D eigenvalue weighted by atomic mass is 10.1. The standard InChI is InChI=1S/C18H23N3O3S/c1-13-4-6-15(7-5-13)12-19-18(22)14(2)20-16-8-10-17(11-9-16)21-25(3,23)24/h4-11,14,20-21H,12H2,1-3H3,(H,19,22). The van der Waals surface area contributed by atoms with E-state index in [4.69, 9.17) is 0 Å². The molecular weight excluding hydrogens is 338 g/mol. The minimum atomic E-state index is -3.30. The van der Waals surface area contributed by atoms with Gasteiger partial charge < -0.3 is 10.6 Å². The molecule has 1 amide bonds. The Hall–Kier alpha value is -2.54. The molecule has 3 N–H and O–H groups in total. The number of carbonyl (C=O) groups is 1. The molecule has 0 aliphatic rings. The molecule has 0 aromatic heterocycles. The molecule has 0 aliphatic heterocycles. The Morgan fingerprint density at radius 2 is 1.56 bits per heavy atom. The summed E-state index contributed by atoms with van der Waals surface area (Å²) in [5.41, 5.74) is 3.43. The second-order valence-electron chi connectivity index (χ2n) is 6.02. The van der Waals surface area contributed by atoms with Gasteiger partial charge in [-0.05, 0) is 43.7 Å². The fraction of sp³-hybridized carbons (Fsp3) is 0.278. The fourth-order valence-electron chi connectivity index (χ4n) is 2.21. The molecule has 1 unspecified atom stereocenters. The van der Waals surface area contributed by atoms with Crippen LogP contribution in [0.25, 0.3) is 0 Å². The highest BCUT2D eigenvalue weighted by atomic mass is 32.2. The van der Waals surface area contributed by atoms with E-state index < -0.39 is 16.1 Å². The number of nitrogens with one attached hydrogen (secondary N) is 3. The zero-order valence-electron chi connectivity index (χ0n) is 14.5. The Balaban J connectivity index is 1.86. The molecule has 2 aromatic rings. The summed E-state index contributed by atoms with van der Waals surface area (Å²) in [5.74, 6) is -0.112. The van der Waals surface area contributed by atoms with E-state index in [1.165, 1.54) is 5.56 Å². The van der Waals surface area contributed by atoms with Crippen molar-refractivity contribution in [2.24, 2.45) is 0 Å². The first kappa shape index (κ1) is 18.8. The van der Waals surface area contributed by atoms with Crippen molar-refractivity contribution in [2.45, 2.75) is 26.4 Å². The van der Waals surface area contributed by atoms with E-state index in [0.29, 0.717) is 12.2 Å². The van der Waals surface area contributed by atoms with Crippen LogP contribution in [0.3, 0.4) is 0 Å². The molecule has 1 atom stereocenters. The number of aryl methyl sites for hydroxylation is 1. The summed E-state index contributed by atoms with van der Waals surface area (Å²) in [7, 11) is -3.30. The highest BCUT2D eigenvalue weighted by Gasteiger charge is 2.12. The third-order valence-corrected chi connectivity index (χ3v) is 4.16. The van der Waals surface area contributed by atoms with Crippen molar-refractivity contribution in [1.82, 2.24) is 5.32 Å². The monoisotopic (exact) mass is 361 g/mol. The third-order valence-electron chi connectivity index (χ3n) is 3.55. The molecule has 7 heteroatoms. The molecule has 0 aliphatic carbocycles. The topological polar surface area (TPSA) is 87.3 Å². The molecule has 0 saturated heterocycles. The van der Waals surface area contributed by atoms with Crippen LogP contribution in [0.2, 0.25) is 0 Å². The molecule has 0 spiro atoms. The first-order chi connectivity index (χ1) is 11.7. The van der Waals surface area contributed by atoms with Crippen LogP contribution < -0.4 is 15.4 Å². The number of hydrogen-bond donors (Lipinski definition) is 3. The summed E-state index contributed by atoms with van der Waals surface area (Å²) < 4.78 is 24.8. The highest BCUT2D eigenvalue weighted by Crippen LogP contribution is 2.15. The number of anilines is 2. The molecular formula is C18H23N3O3S. The van der Waals surface area contributed by atoms with E-state index in [-0.39, 0.29) is 5.91 Å². The van der Waals surface area contributed by atoms with Crippen molar-refractivity contribution < 1.29 is 13.2 Å². The zero-order chi connectivity index (χ0) is 18.4. The number of rotatable bonds is 7. The molecule has 2 aromatic carbocycles. The number of amides is 1. The maximum absolute atomic E-state index is 12.2. The van der Waals surface area contributed by atoms with Crippen LogP contribution in [0.5, 0.6) is 0 Å². The number of hydrogen-bond acceptors (Lipinski definition) is 4. The van der Waals surface area contributed by atoms with Crippen molar-refractivity contribution in [1.29, 1.82) is 0 Å². The summed E-state index contributed by atoms with van der Waals surface area (Å²) >= 11 is 0. The summed E-state index contributed by atoms with van der Waals surface area (Å²) in [5, 5.41) is 5.98. The molecule has 0 heterocycles. The lowest BCUT2D eigenvalue weighted by molar-refractivity contribution is -0.121. The second-order valence-corrected chi connectivity index (χ2v) is 7.77. The molecule has 0 bridgehead atoms. The average molecular weight is 361 g/mol. The Bertz CT molecular complexity index is 816. The van der Waals surface area contributed by atoms with Crippen LogP contribution in [0.1, 0.15) is 18.1 Å². The Labute approximate surface area is 148 Å². The smallest absolute Gasteiger partial charge is 0.242 e. The van der Waals surface area contributed by atoms with E-state index in [1.807, 2.05) is 31.2 Å². The van der Waals surface area contributed by atoms with Gasteiger partial charge in [0, 0.05) is 17.9 Å². The normalized spacial score (nSPS) is 12.3. The van der Waals surface area contributed by atoms with Gasteiger partial charge >= 0.3 is 0 Å². The zero-order valence-corrected chi connectivity index (χ0v) is 15.4. The molecule has 134 valence electrons. The minimum absolute atomic E-state index is 0.112.